The molecule has 154 valence electrons. The number of hydrogen-bond donors (Lipinski definition) is 1. The molecule has 3 aliphatic rings. The summed E-state index contributed by atoms with van der Waals surface area (Å²) in [6.07, 6.45) is 5.90. The quantitative estimate of drug-likeness (QED) is 0.757. The van der Waals surface area contributed by atoms with Crippen molar-refractivity contribution in [2.24, 2.45) is 17.1 Å². The maximum atomic E-state index is 13.1. The number of ether oxygens (including phenoxy) is 1. The molecule has 26 heavy (non-hydrogen) atoms. The summed E-state index contributed by atoms with van der Waals surface area (Å²) in [5.41, 5.74) is 5.53. The maximum absolute atomic E-state index is 13.1. The van der Waals surface area contributed by atoms with E-state index in [9.17, 15) is 4.79 Å². The van der Waals surface area contributed by atoms with E-state index in [1.165, 1.54) is 32.4 Å². The largest absolute Gasteiger partial charge is 0.378 e. The molecule has 0 aromatic rings. The Morgan fingerprint density at radius 2 is 1.81 bits per heavy atom. The lowest BCUT2D eigenvalue weighted by molar-refractivity contribution is -0.178. The lowest BCUT2D eigenvalue weighted by Crippen LogP contribution is -2.75. The summed E-state index contributed by atoms with van der Waals surface area (Å²) in [4.78, 5) is 17.7. The van der Waals surface area contributed by atoms with Gasteiger partial charge in [0.15, 0.2) is 0 Å². The van der Waals surface area contributed by atoms with Crippen LogP contribution in [0.3, 0.4) is 0 Å². The van der Waals surface area contributed by atoms with Gasteiger partial charge in [0.2, 0.25) is 5.91 Å². The smallest absolute Gasteiger partial charge is 0.243 e. The van der Waals surface area contributed by atoms with Crippen LogP contribution in [0.2, 0.25) is 0 Å². The topological polar surface area (TPSA) is 58.8 Å². The summed E-state index contributed by atoms with van der Waals surface area (Å²) >= 11 is 0. The predicted molar refractivity (Wildman–Crippen MR) is 110 cm³/mol. The third kappa shape index (κ3) is 4.33. The normalized spacial score (nSPS) is 33.8. The molecular weight excluding hydrogens is 373 g/mol. The van der Waals surface area contributed by atoms with Crippen molar-refractivity contribution in [3.8, 4) is 0 Å². The molecule has 0 aromatic heterocycles. The minimum Gasteiger partial charge on any atom is -0.378 e. The average Bonchev–Trinajstić information content (AvgIpc) is 3.03. The van der Waals surface area contributed by atoms with Gasteiger partial charge in [0.25, 0.3) is 0 Å². The third-order valence-electron chi connectivity index (χ3n) is 6.75. The first-order valence-corrected chi connectivity index (χ1v) is 9.80. The molecule has 2 aliphatic heterocycles. The molecule has 3 rings (SSSR count). The van der Waals surface area contributed by atoms with Crippen LogP contribution in [-0.2, 0) is 9.53 Å². The number of likely N-dealkylation sites (tertiary alicyclic amines) is 2. The van der Waals surface area contributed by atoms with E-state index in [4.69, 9.17) is 10.5 Å². The average molecular weight is 410 g/mol. The Morgan fingerprint density at radius 3 is 2.38 bits per heavy atom. The molecule has 0 spiro atoms. The Kier molecular flexibility index (Phi) is 8.68. The van der Waals surface area contributed by atoms with Crippen LogP contribution in [0.1, 0.15) is 52.9 Å². The standard InChI is InChI=1S/C19H35N3O2.2ClH/c1-4-24-16-12-19(20,18(16,2)3)17(23)22-11-8-15(14-22)13-21-9-6-5-7-10-21;;/h15-16H,4-14,20H2,1-3H3;2*1H. The van der Waals surface area contributed by atoms with Crippen LogP contribution >= 0.6 is 24.8 Å². The van der Waals surface area contributed by atoms with Gasteiger partial charge in [-0.3, -0.25) is 4.79 Å². The van der Waals surface area contributed by atoms with Gasteiger partial charge in [-0.15, -0.1) is 24.8 Å². The van der Waals surface area contributed by atoms with Gasteiger partial charge >= 0.3 is 0 Å². The maximum Gasteiger partial charge on any atom is 0.243 e. The monoisotopic (exact) mass is 409 g/mol. The van der Waals surface area contributed by atoms with Crippen LogP contribution in [0.25, 0.3) is 0 Å². The molecule has 0 bridgehead atoms. The van der Waals surface area contributed by atoms with Crippen molar-refractivity contribution < 1.29 is 9.53 Å². The lowest BCUT2D eigenvalue weighted by atomic mass is 9.54. The fraction of sp³-hybridized carbons (Fsp3) is 0.947. The van der Waals surface area contributed by atoms with E-state index in [0.29, 0.717) is 18.9 Å². The minimum atomic E-state index is -0.757. The first-order valence-electron chi connectivity index (χ1n) is 9.80. The summed E-state index contributed by atoms with van der Waals surface area (Å²) in [7, 11) is 0. The van der Waals surface area contributed by atoms with Crippen LogP contribution in [0, 0.1) is 11.3 Å². The molecule has 5 nitrogen and oxygen atoms in total. The van der Waals surface area contributed by atoms with Crippen molar-refractivity contribution in [3.05, 3.63) is 0 Å². The van der Waals surface area contributed by atoms with Crippen molar-refractivity contribution >= 4 is 30.7 Å². The molecule has 0 radical (unpaired) electrons. The van der Waals surface area contributed by atoms with Gasteiger partial charge in [-0.05, 0) is 45.2 Å². The Bertz CT molecular complexity index is 472. The van der Waals surface area contributed by atoms with Crippen LogP contribution in [0.15, 0.2) is 0 Å². The zero-order chi connectivity index (χ0) is 17.4. The van der Waals surface area contributed by atoms with E-state index in [0.717, 1.165) is 26.1 Å². The van der Waals surface area contributed by atoms with Crippen molar-refractivity contribution in [2.75, 3.05) is 39.3 Å². The van der Waals surface area contributed by atoms with Gasteiger partial charge < -0.3 is 20.3 Å². The summed E-state index contributed by atoms with van der Waals surface area (Å²) < 4.78 is 5.77. The molecule has 2 N–H and O–H groups in total. The van der Waals surface area contributed by atoms with Crippen LogP contribution < -0.4 is 5.73 Å². The number of hydrogen-bond acceptors (Lipinski definition) is 4. The fourth-order valence-electron chi connectivity index (χ4n) is 4.75. The first kappa shape index (κ1) is 24.0. The molecule has 3 atom stereocenters. The van der Waals surface area contributed by atoms with E-state index < -0.39 is 5.54 Å². The van der Waals surface area contributed by atoms with Gasteiger partial charge in [0.1, 0.15) is 5.54 Å². The second kappa shape index (κ2) is 9.42. The number of carbonyl (C=O) groups excluding carboxylic acids is 1. The highest BCUT2D eigenvalue weighted by Gasteiger charge is 2.64. The van der Waals surface area contributed by atoms with Gasteiger partial charge in [-0.25, -0.2) is 0 Å². The molecule has 2 saturated heterocycles. The zero-order valence-electron chi connectivity index (χ0n) is 16.5. The number of rotatable bonds is 5. The highest BCUT2D eigenvalue weighted by atomic mass is 35.5. The third-order valence-corrected chi connectivity index (χ3v) is 6.75. The van der Waals surface area contributed by atoms with Gasteiger partial charge in [-0.1, -0.05) is 20.3 Å². The van der Waals surface area contributed by atoms with E-state index in [-0.39, 0.29) is 42.2 Å². The number of nitrogens with zero attached hydrogens (tertiary/aromatic N) is 2. The van der Waals surface area contributed by atoms with E-state index in [1.807, 2.05) is 11.8 Å². The lowest BCUT2D eigenvalue weighted by Gasteiger charge is -2.58. The molecule has 2 heterocycles. The number of piperidine rings is 1. The Balaban J connectivity index is 0.00000169. The molecule has 1 amide bonds. The second-order valence-electron chi connectivity index (χ2n) is 8.61. The highest BCUT2D eigenvalue weighted by molar-refractivity contribution is 5.89. The number of amides is 1. The zero-order valence-corrected chi connectivity index (χ0v) is 18.2. The number of carbonyl (C=O) groups is 1. The van der Waals surface area contributed by atoms with Crippen LogP contribution in [0.5, 0.6) is 0 Å². The van der Waals surface area contributed by atoms with Gasteiger partial charge in [-0.2, -0.15) is 0 Å². The minimum absolute atomic E-state index is 0. The Hall–Kier alpha value is -0.0700. The molecule has 0 aromatic carbocycles. The second-order valence-corrected chi connectivity index (χ2v) is 8.61. The van der Waals surface area contributed by atoms with Crippen molar-refractivity contribution in [1.82, 2.24) is 9.80 Å². The summed E-state index contributed by atoms with van der Waals surface area (Å²) in [6, 6.07) is 0. The van der Waals surface area contributed by atoms with Crippen molar-refractivity contribution in [3.63, 3.8) is 0 Å². The molecule has 1 saturated carbocycles. The number of nitrogens with two attached hydrogens (primary N) is 1. The Morgan fingerprint density at radius 1 is 1.15 bits per heavy atom. The molecule has 3 fully saturated rings. The fourth-order valence-corrected chi connectivity index (χ4v) is 4.75. The van der Waals surface area contributed by atoms with Crippen molar-refractivity contribution in [1.29, 1.82) is 0 Å². The molecule has 3 unspecified atom stereocenters. The molecule has 7 heteroatoms. The van der Waals surface area contributed by atoms with E-state index in [2.05, 4.69) is 18.7 Å². The summed E-state index contributed by atoms with van der Waals surface area (Å²) in [5, 5.41) is 0. The van der Waals surface area contributed by atoms with E-state index in [1.54, 1.807) is 0 Å². The SMILES string of the molecule is CCOC1CC(N)(C(=O)N2CCC(CN3CCCCC3)C2)C1(C)C.Cl.Cl. The first-order chi connectivity index (χ1) is 11.4. The number of halogens is 2. The molecule has 1 aliphatic carbocycles. The van der Waals surface area contributed by atoms with Gasteiger partial charge in [0, 0.05) is 38.1 Å². The van der Waals surface area contributed by atoms with Gasteiger partial charge in [0.05, 0.1) is 6.10 Å². The van der Waals surface area contributed by atoms with Crippen molar-refractivity contribution in [2.45, 2.75) is 64.5 Å². The highest BCUT2D eigenvalue weighted by Crippen LogP contribution is 2.50. The summed E-state index contributed by atoms with van der Waals surface area (Å²) in [5.74, 6) is 0.756. The van der Waals surface area contributed by atoms with E-state index >= 15 is 0 Å². The Labute approximate surface area is 171 Å². The predicted octanol–water partition coefficient (Wildman–Crippen LogP) is 2.70. The van der Waals surface area contributed by atoms with Crippen LogP contribution in [-0.4, -0.2) is 66.7 Å². The summed E-state index contributed by atoms with van der Waals surface area (Å²) in [6.45, 7) is 12.2. The van der Waals surface area contributed by atoms with Crippen LogP contribution in [0.4, 0.5) is 0 Å². The molecular formula is C19H37Cl2N3O2.